The Labute approximate surface area is 288 Å². The standard InChI is InChI=1S/C20H15FNO.C20H20GeN.Ir/c1-12(2)16-10-18(22-11-17(16)21)15-8-5-7-14-13-6-3-4-9-19(13)23-20(14)15;1-21(2,3)19-15-22-20(17-12-8-5-9-13-17)14-18(19)16-10-6-4-7-11-16;/h3-7,9-12H,1-2H3;4-12,14-15H,1-3H3;/q2*-1;/i12D;;. The van der Waals surface area contributed by atoms with Crippen LogP contribution in [0.25, 0.3) is 55.6 Å². The molecule has 0 amide bonds. The molecule has 0 fully saturated rings. The molecular formula is C40H35FGeIrN2O-2. The molecular weight excluding hydrogens is 808 g/mol. The number of hydrogen-bond donors (Lipinski definition) is 0. The predicted octanol–water partition coefficient (Wildman–Crippen LogP) is 10.5. The Morgan fingerprint density at radius 1 is 0.783 bits per heavy atom. The van der Waals surface area contributed by atoms with Crippen molar-refractivity contribution in [2.24, 2.45) is 0 Å². The van der Waals surface area contributed by atoms with Gasteiger partial charge in [-0.15, -0.1) is 18.2 Å². The van der Waals surface area contributed by atoms with Gasteiger partial charge in [0.2, 0.25) is 0 Å². The third-order valence-electron chi connectivity index (χ3n) is 7.77. The molecule has 0 atom stereocenters. The van der Waals surface area contributed by atoms with E-state index in [1.165, 1.54) is 15.5 Å². The van der Waals surface area contributed by atoms with Crippen molar-refractivity contribution in [2.75, 3.05) is 0 Å². The molecule has 0 aliphatic rings. The summed E-state index contributed by atoms with van der Waals surface area (Å²) in [5.74, 6) is 5.71. The van der Waals surface area contributed by atoms with Crippen LogP contribution in [0.1, 0.15) is 26.7 Å². The summed E-state index contributed by atoms with van der Waals surface area (Å²) >= 11 is -1.99. The van der Waals surface area contributed by atoms with Gasteiger partial charge in [-0.2, -0.15) is 0 Å². The third kappa shape index (κ3) is 7.07. The summed E-state index contributed by atoms with van der Waals surface area (Å²) < 4.78 is 29.6. The largest absolute Gasteiger partial charge is 0 e. The maximum atomic E-state index is 14.0. The van der Waals surface area contributed by atoms with Crippen LogP contribution >= 0.6 is 0 Å². The summed E-state index contributed by atoms with van der Waals surface area (Å²) in [4.78, 5) is 8.91. The Bertz CT molecular complexity index is 2140. The molecule has 3 aromatic heterocycles. The van der Waals surface area contributed by atoms with Crippen LogP contribution < -0.4 is 4.40 Å². The number of furan rings is 1. The Balaban J connectivity index is 0.000000181. The minimum Gasteiger partial charge on any atom is 0 e. The number of pyridine rings is 2. The molecule has 1 radical (unpaired) electrons. The van der Waals surface area contributed by atoms with Crippen LogP contribution in [0.4, 0.5) is 4.39 Å². The Morgan fingerprint density at radius 2 is 1.50 bits per heavy atom. The number of aromatic nitrogens is 2. The van der Waals surface area contributed by atoms with Gasteiger partial charge in [0.25, 0.3) is 0 Å². The second-order valence-electron chi connectivity index (χ2n) is 12.3. The quantitative estimate of drug-likeness (QED) is 0.128. The average Bonchev–Trinajstić information content (AvgIpc) is 3.44. The van der Waals surface area contributed by atoms with Crippen LogP contribution in [0.2, 0.25) is 17.3 Å². The molecule has 0 aliphatic heterocycles. The second-order valence-corrected chi connectivity index (χ2v) is 22.8. The normalized spacial score (nSPS) is 11.8. The fourth-order valence-electron chi connectivity index (χ4n) is 5.45. The summed E-state index contributed by atoms with van der Waals surface area (Å²) in [6.45, 7) is 3.31. The summed E-state index contributed by atoms with van der Waals surface area (Å²) in [5, 5.41) is 1.99. The van der Waals surface area contributed by atoms with E-state index in [9.17, 15) is 4.39 Å². The number of benzene rings is 4. The van der Waals surface area contributed by atoms with Gasteiger partial charge in [0.05, 0.1) is 11.8 Å². The molecule has 46 heavy (non-hydrogen) atoms. The van der Waals surface area contributed by atoms with E-state index in [1.807, 2.05) is 54.6 Å². The number of para-hydroxylation sites is 1. The zero-order chi connectivity index (χ0) is 32.5. The van der Waals surface area contributed by atoms with E-state index in [4.69, 9.17) is 10.8 Å². The zero-order valence-corrected chi connectivity index (χ0v) is 31.0. The van der Waals surface area contributed by atoms with Crippen molar-refractivity contribution in [3.63, 3.8) is 0 Å². The van der Waals surface area contributed by atoms with Crippen molar-refractivity contribution in [3.8, 4) is 33.6 Å². The van der Waals surface area contributed by atoms with Crippen molar-refractivity contribution in [2.45, 2.75) is 37.0 Å². The van der Waals surface area contributed by atoms with Crippen molar-refractivity contribution >= 4 is 39.6 Å². The van der Waals surface area contributed by atoms with Gasteiger partial charge in [-0.1, -0.05) is 49.1 Å². The summed E-state index contributed by atoms with van der Waals surface area (Å²) in [6.07, 6.45) is 3.26. The molecule has 7 aromatic rings. The molecule has 0 N–H and O–H groups in total. The molecule has 3 heterocycles. The Hall–Kier alpha value is -3.90. The molecule has 233 valence electrons. The average molecular weight is 845 g/mol. The first-order chi connectivity index (χ1) is 22.0. The minimum absolute atomic E-state index is 0. The number of nitrogens with zero attached hydrogens (tertiary/aromatic N) is 2. The topological polar surface area (TPSA) is 38.9 Å². The van der Waals surface area contributed by atoms with E-state index in [0.717, 1.165) is 33.8 Å². The first-order valence-corrected chi connectivity index (χ1v) is 22.4. The van der Waals surface area contributed by atoms with Crippen molar-refractivity contribution in [1.82, 2.24) is 9.97 Å². The van der Waals surface area contributed by atoms with Gasteiger partial charge < -0.3 is 9.40 Å². The van der Waals surface area contributed by atoms with E-state index in [2.05, 4.69) is 83.0 Å². The van der Waals surface area contributed by atoms with Crippen LogP contribution in [0.15, 0.2) is 120 Å². The van der Waals surface area contributed by atoms with Crippen LogP contribution in [0, 0.1) is 17.9 Å². The smallest absolute Gasteiger partial charge is 0 e. The molecule has 0 saturated heterocycles. The fraction of sp³-hybridized carbons (Fsp3) is 0.150. The second kappa shape index (κ2) is 14.3. The van der Waals surface area contributed by atoms with Crippen LogP contribution in [0.5, 0.6) is 0 Å². The Morgan fingerprint density at radius 3 is 2.22 bits per heavy atom. The first-order valence-electron chi connectivity index (χ1n) is 15.5. The Kier molecular flexibility index (Phi) is 9.93. The first kappa shape index (κ1) is 32.1. The molecule has 0 bridgehead atoms. The summed E-state index contributed by atoms with van der Waals surface area (Å²) in [5.41, 5.74) is 7.64. The molecule has 3 nitrogen and oxygen atoms in total. The molecule has 4 aromatic carbocycles. The third-order valence-corrected chi connectivity index (χ3v) is 12.0. The molecule has 0 saturated carbocycles. The van der Waals surface area contributed by atoms with Gasteiger partial charge in [-0.05, 0) is 23.2 Å². The van der Waals surface area contributed by atoms with Gasteiger partial charge >= 0.3 is 135 Å². The molecule has 7 rings (SSSR count). The summed E-state index contributed by atoms with van der Waals surface area (Å²) in [7, 11) is 0. The fourth-order valence-corrected chi connectivity index (χ4v) is 8.55. The zero-order valence-electron chi connectivity index (χ0n) is 27.5. The van der Waals surface area contributed by atoms with Gasteiger partial charge in [0.15, 0.2) is 0 Å². The van der Waals surface area contributed by atoms with Crippen LogP contribution in [0.3, 0.4) is 0 Å². The molecule has 0 unspecified atom stereocenters. The van der Waals surface area contributed by atoms with Crippen molar-refractivity contribution in [3.05, 3.63) is 139 Å². The van der Waals surface area contributed by atoms with E-state index < -0.39 is 25.0 Å². The maximum Gasteiger partial charge on any atom is 0 e. The number of halogens is 1. The minimum atomic E-state index is -1.99. The maximum absolute atomic E-state index is 14.0. The van der Waals surface area contributed by atoms with E-state index in [1.54, 1.807) is 19.9 Å². The van der Waals surface area contributed by atoms with Crippen LogP contribution in [-0.4, -0.2) is 23.2 Å². The molecule has 6 heteroatoms. The van der Waals surface area contributed by atoms with E-state index in [0.29, 0.717) is 22.4 Å². The number of rotatable bonds is 5. The van der Waals surface area contributed by atoms with Crippen LogP contribution in [-0.2, 0) is 20.1 Å². The monoisotopic (exact) mass is 846 g/mol. The summed E-state index contributed by atoms with van der Waals surface area (Å²) in [6, 6.07) is 40.5. The van der Waals surface area contributed by atoms with E-state index in [-0.39, 0.29) is 20.1 Å². The SMILES string of the molecule is [2H]C(C)(C)c1cc(-c2[c-]ccc3c2oc2ccccc23)ncc1F.[CH3][Ge]([CH3])([CH3])[c]1cnc(-c2[c-]cccc2)cc1-c1ccccc1.[Ir]. The van der Waals surface area contributed by atoms with Gasteiger partial charge in [-0.25, -0.2) is 4.39 Å². The van der Waals surface area contributed by atoms with Crippen molar-refractivity contribution < 1.29 is 30.3 Å². The molecule has 0 spiro atoms. The van der Waals surface area contributed by atoms with Gasteiger partial charge in [-0.3, -0.25) is 0 Å². The predicted molar refractivity (Wildman–Crippen MR) is 187 cm³/mol. The van der Waals surface area contributed by atoms with Gasteiger partial charge in [0.1, 0.15) is 11.4 Å². The van der Waals surface area contributed by atoms with E-state index >= 15 is 0 Å². The molecule has 0 aliphatic carbocycles. The number of hydrogen-bond acceptors (Lipinski definition) is 3. The number of fused-ring (bicyclic) bond motifs is 3. The van der Waals surface area contributed by atoms with Crippen molar-refractivity contribution in [1.29, 1.82) is 0 Å². The van der Waals surface area contributed by atoms with Gasteiger partial charge in [0, 0.05) is 26.9 Å².